The largest absolute Gasteiger partial charge is 0.481 e. The van der Waals surface area contributed by atoms with E-state index < -0.39 is 35.4 Å². The van der Waals surface area contributed by atoms with E-state index in [0.29, 0.717) is 0 Å². The van der Waals surface area contributed by atoms with Gasteiger partial charge in [0.05, 0.1) is 16.8 Å². The lowest BCUT2D eigenvalue weighted by Gasteiger charge is -2.18. The Hall–Kier alpha value is -2.39. The van der Waals surface area contributed by atoms with Gasteiger partial charge in [-0.25, -0.2) is 4.98 Å². The van der Waals surface area contributed by atoms with Crippen LogP contribution >= 0.6 is 0 Å². The zero-order valence-corrected chi connectivity index (χ0v) is 10.4. The van der Waals surface area contributed by atoms with Gasteiger partial charge in [0, 0.05) is 19.2 Å². The number of hydrogen-bond donors (Lipinski definition) is 1. The lowest BCUT2D eigenvalue weighted by molar-refractivity contribution is -0.385. The quantitative estimate of drug-likeness (QED) is 0.674. The Morgan fingerprint density at radius 2 is 2.10 bits per heavy atom. The minimum atomic E-state index is -4.63. The molecule has 0 spiro atoms. The highest BCUT2D eigenvalue weighted by Crippen LogP contribution is 2.39. The highest BCUT2D eigenvalue weighted by atomic mass is 19.4. The topological polar surface area (TPSA) is 96.6 Å². The number of carbonyl (C=O) groups is 1. The molecular formula is C11H10F3N3O4. The van der Waals surface area contributed by atoms with Gasteiger partial charge in [-0.15, -0.1) is 0 Å². The van der Waals surface area contributed by atoms with E-state index in [-0.39, 0.29) is 18.1 Å². The van der Waals surface area contributed by atoms with Gasteiger partial charge in [0.2, 0.25) is 0 Å². The zero-order chi connectivity index (χ0) is 15.8. The van der Waals surface area contributed by atoms with Crippen LogP contribution in [0.15, 0.2) is 18.3 Å². The minimum absolute atomic E-state index is 0.0820. The van der Waals surface area contributed by atoms with Gasteiger partial charge in [0.1, 0.15) is 12.0 Å². The summed E-state index contributed by atoms with van der Waals surface area (Å²) in [5.41, 5.74) is -0.292. The van der Waals surface area contributed by atoms with Crippen molar-refractivity contribution in [1.29, 1.82) is 0 Å². The van der Waals surface area contributed by atoms with Gasteiger partial charge in [0.25, 0.3) is 5.69 Å². The van der Waals surface area contributed by atoms with Crippen molar-refractivity contribution in [2.24, 2.45) is 11.8 Å². The second-order valence-electron chi connectivity index (χ2n) is 4.63. The summed E-state index contributed by atoms with van der Waals surface area (Å²) in [6.45, 7) is -0.879. The fraction of sp³-hybridized carbons (Fsp3) is 0.455. The molecule has 0 aliphatic carbocycles. The van der Waals surface area contributed by atoms with E-state index in [1.165, 1.54) is 11.0 Å². The highest BCUT2D eigenvalue weighted by molar-refractivity contribution is 5.72. The van der Waals surface area contributed by atoms with E-state index in [1.807, 2.05) is 0 Å². The van der Waals surface area contributed by atoms with Gasteiger partial charge in [-0.3, -0.25) is 14.9 Å². The zero-order valence-electron chi connectivity index (χ0n) is 10.4. The maximum Gasteiger partial charge on any atom is 0.394 e. The van der Waals surface area contributed by atoms with Gasteiger partial charge < -0.3 is 10.0 Å². The summed E-state index contributed by atoms with van der Waals surface area (Å²) in [5.74, 6) is -5.02. The van der Waals surface area contributed by atoms with Crippen LogP contribution < -0.4 is 4.90 Å². The van der Waals surface area contributed by atoms with Crippen LogP contribution in [-0.2, 0) is 4.79 Å². The maximum absolute atomic E-state index is 12.8. The molecule has 0 amide bonds. The molecule has 1 saturated heterocycles. The average molecular weight is 305 g/mol. The number of aromatic nitrogens is 1. The molecule has 2 heterocycles. The summed E-state index contributed by atoms with van der Waals surface area (Å²) < 4.78 is 38.5. The number of alkyl halides is 3. The third-order valence-electron chi connectivity index (χ3n) is 3.32. The van der Waals surface area contributed by atoms with Gasteiger partial charge in [-0.05, 0) is 6.07 Å². The average Bonchev–Trinajstić information content (AvgIpc) is 2.84. The highest BCUT2D eigenvalue weighted by Gasteiger charge is 2.52. The number of halogens is 3. The predicted octanol–water partition coefficient (Wildman–Crippen LogP) is 1.69. The van der Waals surface area contributed by atoms with Crippen LogP contribution in [0.5, 0.6) is 0 Å². The third kappa shape index (κ3) is 3.03. The molecule has 0 bridgehead atoms. The second kappa shape index (κ2) is 5.19. The molecule has 1 aliphatic heterocycles. The van der Waals surface area contributed by atoms with E-state index >= 15 is 0 Å². The summed E-state index contributed by atoms with van der Waals surface area (Å²) >= 11 is 0. The van der Waals surface area contributed by atoms with Crippen molar-refractivity contribution < 1.29 is 28.0 Å². The van der Waals surface area contributed by atoms with Crippen LogP contribution in [0.4, 0.5) is 24.7 Å². The van der Waals surface area contributed by atoms with Crippen molar-refractivity contribution in [3.8, 4) is 0 Å². The minimum Gasteiger partial charge on any atom is -0.481 e. The molecule has 7 nitrogen and oxygen atoms in total. The van der Waals surface area contributed by atoms with E-state index in [0.717, 1.165) is 12.3 Å². The molecule has 2 rings (SSSR count). The molecule has 0 unspecified atom stereocenters. The predicted molar refractivity (Wildman–Crippen MR) is 63.8 cm³/mol. The first-order valence-corrected chi connectivity index (χ1v) is 5.85. The third-order valence-corrected chi connectivity index (χ3v) is 3.32. The first kappa shape index (κ1) is 15.0. The molecule has 2 atom stereocenters. The van der Waals surface area contributed by atoms with Crippen LogP contribution in [0.3, 0.4) is 0 Å². The molecule has 1 aromatic rings. The molecule has 0 radical (unpaired) electrons. The summed E-state index contributed by atoms with van der Waals surface area (Å²) in [7, 11) is 0. The number of anilines is 1. The molecule has 114 valence electrons. The van der Waals surface area contributed by atoms with Crippen LogP contribution in [0.25, 0.3) is 0 Å². The van der Waals surface area contributed by atoms with Gasteiger partial charge in [-0.2, -0.15) is 13.2 Å². The monoisotopic (exact) mass is 305 g/mol. The van der Waals surface area contributed by atoms with Crippen LogP contribution in [-0.4, -0.2) is 40.2 Å². The van der Waals surface area contributed by atoms with E-state index in [2.05, 4.69) is 4.98 Å². The van der Waals surface area contributed by atoms with Crippen LogP contribution in [0.2, 0.25) is 0 Å². The van der Waals surface area contributed by atoms with Crippen molar-refractivity contribution in [3.05, 3.63) is 28.4 Å². The van der Waals surface area contributed by atoms with Crippen molar-refractivity contribution >= 4 is 17.5 Å². The Morgan fingerprint density at radius 1 is 1.43 bits per heavy atom. The van der Waals surface area contributed by atoms with Gasteiger partial charge in [-0.1, -0.05) is 0 Å². The summed E-state index contributed by atoms with van der Waals surface area (Å²) in [5, 5.41) is 19.4. The summed E-state index contributed by atoms with van der Waals surface area (Å²) in [6.07, 6.45) is -3.70. The molecule has 1 fully saturated rings. The molecule has 0 saturated carbocycles. The fourth-order valence-corrected chi connectivity index (χ4v) is 2.25. The smallest absolute Gasteiger partial charge is 0.394 e. The van der Waals surface area contributed by atoms with Crippen LogP contribution in [0.1, 0.15) is 0 Å². The molecule has 1 aliphatic rings. The Balaban J connectivity index is 2.22. The normalized spacial score (nSPS) is 22.3. The fourth-order valence-electron chi connectivity index (χ4n) is 2.25. The number of carboxylic acid groups (broad SMARTS) is 1. The molecule has 1 aromatic heterocycles. The number of hydrogen-bond acceptors (Lipinski definition) is 5. The Labute approximate surface area is 116 Å². The molecule has 21 heavy (non-hydrogen) atoms. The standard InChI is InChI=1S/C11H10F3N3O4/c12-11(13,14)8-5-16(4-7(8)10(18)19)9-2-1-6(3-15-9)17(20)21/h1-3,7-8H,4-5H2,(H,18,19)/t7-,8-/m1/s1. The maximum atomic E-state index is 12.8. The first-order chi connectivity index (χ1) is 9.70. The van der Waals surface area contributed by atoms with E-state index in [9.17, 15) is 28.1 Å². The lowest BCUT2D eigenvalue weighted by Crippen LogP contribution is -2.33. The van der Waals surface area contributed by atoms with E-state index in [4.69, 9.17) is 5.11 Å². The van der Waals surface area contributed by atoms with Crippen LogP contribution in [0, 0.1) is 22.0 Å². The summed E-state index contributed by atoms with van der Waals surface area (Å²) in [6, 6.07) is 2.31. The van der Waals surface area contributed by atoms with Gasteiger partial charge in [0.15, 0.2) is 0 Å². The Kier molecular flexibility index (Phi) is 3.71. The first-order valence-electron chi connectivity index (χ1n) is 5.85. The molecule has 0 aromatic carbocycles. The number of nitrogens with zero attached hydrogens (tertiary/aromatic N) is 3. The SMILES string of the molecule is O=C(O)[C@@H]1CN(c2ccc([N+](=O)[O-])cn2)C[C@H]1C(F)(F)F. The molecule has 1 N–H and O–H groups in total. The Bertz CT molecular complexity index is 561. The van der Waals surface area contributed by atoms with Crippen molar-refractivity contribution in [2.45, 2.75) is 6.18 Å². The van der Waals surface area contributed by atoms with Crippen molar-refractivity contribution in [2.75, 3.05) is 18.0 Å². The molecule has 10 heteroatoms. The number of rotatable bonds is 3. The number of aliphatic carboxylic acids is 1. The molecular weight excluding hydrogens is 295 g/mol. The van der Waals surface area contributed by atoms with Crippen molar-refractivity contribution in [3.63, 3.8) is 0 Å². The number of pyridine rings is 1. The van der Waals surface area contributed by atoms with Gasteiger partial charge >= 0.3 is 12.1 Å². The summed E-state index contributed by atoms with van der Waals surface area (Å²) in [4.78, 5) is 25.6. The van der Waals surface area contributed by atoms with E-state index in [1.54, 1.807) is 0 Å². The van der Waals surface area contributed by atoms with Crippen molar-refractivity contribution in [1.82, 2.24) is 4.98 Å². The number of carboxylic acids is 1. The second-order valence-corrected chi connectivity index (χ2v) is 4.63. The Morgan fingerprint density at radius 3 is 2.48 bits per heavy atom. The lowest BCUT2D eigenvalue weighted by atomic mass is 9.96. The number of nitro groups is 1.